The Hall–Kier alpha value is -0.149. The van der Waals surface area contributed by atoms with Crippen molar-refractivity contribution in [2.24, 2.45) is 0 Å². The number of phenols is 1. The standard InChI is InChI=1S/C17H23NOPSi.ClH.Ti/c1-18-12-13-7-5-6-8-16(13)20-17-11-14(21(2,3)4)9-10-15(17)19;;/h5-11,19-20H,12H2,1-4H3;1H;/q-1;;+2/p-1. The van der Waals surface area contributed by atoms with Crippen molar-refractivity contribution < 1.29 is 24.5 Å². The molecule has 23 heavy (non-hydrogen) atoms. The van der Waals surface area contributed by atoms with Crippen LogP contribution in [0.4, 0.5) is 0 Å². The van der Waals surface area contributed by atoms with Crippen LogP contribution in [-0.4, -0.2) is 20.2 Å². The summed E-state index contributed by atoms with van der Waals surface area (Å²) in [5.74, 6) is 0.401. The van der Waals surface area contributed by atoms with Gasteiger partial charge < -0.3 is 10.4 Å². The Morgan fingerprint density at radius 2 is 1.74 bits per heavy atom. The van der Waals surface area contributed by atoms with Crippen LogP contribution in [0.5, 0.6) is 5.75 Å². The van der Waals surface area contributed by atoms with E-state index in [2.05, 4.69) is 64.6 Å². The molecular formula is C17H23ClNOPSiTi. The summed E-state index contributed by atoms with van der Waals surface area (Å²) in [6, 6.07) is 14.5. The van der Waals surface area contributed by atoms with Crippen LogP contribution in [-0.2, 0) is 25.9 Å². The van der Waals surface area contributed by atoms with Gasteiger partial charge in [-0.2, -0.15) is 7.05 Å². The van der Waals surface area contributed by atoms with Crippen molar-refractivity contribution in [2.75, 3.05) is 7.05 Å². The zero-order valence-electron chi connectivity index (χ0n) is 14.0. The Bertz CT molecular complexity index is 634. The van der Waals surface area contributed by atoms with Crippen LogP contribution in [0.15, 0.2) is 42.5 Å². The fourth-order valence-electron chi connectivity index (χ4n) is 2.20. The molecule has 1 atom stereocenters. The summed E-state index contributed by atoms with van der Waals surface area (Å²) in [5.41, 5.74) is 1.25. The van der Waals surface area contributed by atoms with Crippen LogP contribution in [0.25, 0.3) is 5.32 Å². The summed E-state index contributed by atoms with van der Waals surface area (Å²) in [5, 5.41) is 18.1. The van der Waals surface area contributed by atoms with E-state index >= 15 is 0 Å². The van der Waals surface area contributed by atoms with Crippen LogP contribution in [0.1, 0.15) is 5.56 Å². The fourth-order valence-corrected chi connectivity index (χ4v) is 4.74. The van der Waals surface area contributed by atoms with Gasteiger partial charge in [0.1, 0.15) is 5.75 Å². The molecule has 0 radical (unpaired) electrons. The van der Waals surface area contributed by atoms with Crippen LogP contribution in [0.2, 0.25) is 19.6 Å². The molecular weight excluding hydrogens is 377 g/mol. The monoisotopic (exact) mass is 399 g/mol. The molecule has 0 saturated heterocycles. The number of aromatic hydroxyl groups is 1. The maximum atomic E-state index is 10.2. The Labute approximate surface area is 158 Å². The van der Waals surface area contributed by atoms with Gasteiger partial charge in [-0.1, -0.05) is 75.4 Å². The third-order valence-corrected chi connectivity index (χ3v) is 6.95. The Balaban J connectivity index is 0.00000127. The van der Waals surface area contributed by atoms with Crippen molar-refractivity contribution in [3.63, 3.8) is 0 Å². The van der Waals surface area contributed by atoms with Crippen molar-refractivity contribution in [1.82, 2.24) is 0 Å². The molecule has 122 valence electrons. The number of benzene rings is 2. The van der Waals surface area contributed by atoms with Gasteiger partial charge in [0.2, 0.25) is 0 Å². The molecule has 6 heteroatoms. The number of nitrogens with zero attached hydrogens (tertiary/aromatic N) is 1. The average molecular weight is 400 g/mol. The van der Waals surface area contributed by atoms with E-state index in [1.807, 2.05) is 19.2 Å². The molecule has 0 bridgehead atoms. The molecule has 0 heterocycles. The van der Waals surface area contributed by atoms with Gasteiger partial charge in [0.15, 0.2) is 0 Å². The van der Waals surface area contributed by atoms with E-state index < -0.39 is 8.07 Å². The summed E-state index contributed by atoms with van der Waals surface area (Å²) in [7, 11) is 5.59. The molecule has 0 aromatic heterocycles. The SMILES string of the molecule is C[N-]Cc1ccccc1Pc1cc([Si](C)(C)C)ccc1O.[Cl][Ti+]. The predicted molar refractivity (Wildman–Crippen MR) is 104 cm³/mol. The quantitative estimate of drug-likeness (QED) is 0.603. The van der Waals surface area contributed by atoms with Gasteiger partial charge in [-0.05, 0) is 11.4 Å². The summed E-state index contributed by atoms with van der Waals surface area (Å²) >= 11 is 1.47. The van der Waals surface area contributed by atoms with Crippen molar-refractivity contribution in [2.45, 2.75) is 26.2 Å². The molecule has 0 aliphatic rings. The van der Waals surface area contributed by atoms with Crippen LogP contribution in [0, 0.1) is 0 Å². The molecule has 2 nitrogen and oxygen atoms in total. The van der Waals surface area contributed by atoms with Gasteiger partial charge in [0, 0.05) is 5.30 Å². The number of phenolic OH excluding ortho intramolecular Hbond substituents is 1. The molecule has 0 aliphatic carbocycles. The van der Waals surface area contributed by atoms with Gasteiger partial charge in [-0.15, -0.1) is 6.54 Å². The molecule has 0 fully saturated rings. The van der Waals surface area contributed by atoms with Gasteiger partial charge in [0.25, 0.3) is 0 Å². The van der Waals surface area contributed by atoms with Crippen LogP contribution in [0.3, 0.4) is 0 Å². The van der Waals surface area contributed by atoms with Gasteiger partial charge >= 0.3 is 28.7 Å². The molecule has 0 aliphatic heterocycles. The molecule has 1 N–H and O–H groups in total. The van der Waals surface area contributed by atoms with E-state index in [1.54, 1.807) is 0 Å². The first-order valence-corrected chi connectivity index (χ1v) is 14.0. The van der Waals surface area contributed by atoms with E-state index in [0.29, 0.717) is 14.3 Å². The summed E-state index contributed by atoms with van der Waals surface area (Å²) < 4.78 is 0. The molecule has 0 spiro atoms. The van der Waals surface area contributed by atoms with Gasteiger partial charge in [-0.3, -0.25) is 0 Å². The van der Waals surface area contributed by atoms with Crippen molar-refractivity contribution in [3.8, 4) is 5.75 Å². The third-order valence-electron chi connectivity index (χ3n) is 3.48. The first-order valence-electron chi connectivity index (χ1n) is 7.34. The minimum absolute atomic E-state index is 0.401. The number of rotatable bonds is 5. The summed E-state index contributed by atoms with van der Waals surface area (Å²) in [6.45, 7) is 7.72. The number of hydrogen-bond acceptors (Lipinski definition) is 1. The van der Waals surface area contributed by atoms with E-state index in [4.69, 9.17) is 0 Å². The first kappa shape index (κ1) is 20.9. The predicted octanol–water partition coefficient (Wildman–Crippen LogP) is 3.76. The summed E-state index contributed by atoms with van der Waals surface area (Å²) in [4.78, 5) is 0. The first-order chi connectivity index (χ1) is 10.9. The molecule has 2 aromatic carbocycles. The molecule has 1 unspecified atom stereocenters. The molecule has 0 saturated carbocycles. The van der Waals surface area contributed by atoms with E-state index in [9.17, 15) is 5.11 Å². The zero-order valence-corrected chi connectivity index (χ0v) is 18.3. The third kappa shape index (κ3) is 6.34. The maximum absolute atomic E-state index is 10.2. The Kier molecular flexibility index (Phi) is 9.07. The normalized spacial score (nSPS) is 11.3. The van der Waals surface area contributed by atoms with Crippen molar-refractivity contribution >= 4 is 41.8 Å². The Morgan fingerprint density at radius 1 is 1.09 bits per heavy atom. The van der Waals surface area contributed by atoms with Crippen molar-refractivity contribution in [1.29, 1.82) is 0 Å². The second-order valence-corrected chi connectivity index (χ2v) is 12.6. The van der Waals surface area contributed by atoms with Gasteiger partial charge in [0.05, 0.1) is 8.07 Å². The molecule has 0 amide bonds. The fraction of sp³-hybridized carbons (Fsp3) is 0.294. The van der Waals surface area contributed by atoms with Crippen LogP contribution >= 0.6 is 17.9 Å². The number of halogens is 1. The van der Waals surface area contributed by atoms with Crippen LogP contribution < -0.4 is 15.8 Å². The Morgan fingerprint density at radius 3 is 2.35 bits per heavy atom. The second kappa shape index (κ2) is 9.98. The average Bonchev–Trinajstić information content (AvgIpc) is 2.52. The van der Waals surface area contributed by atoms with E-state index in [1.165, 1.54) is 35.4 Å². The molecule has 2 rings (SSSR count). The van der Waals surface area contributed by atoms with E-state index in [0.717, 1.165) is 11.8 Å². The zero-order chi connectivity index (χ0) is 17.5. The van der Waals surface area contributed by atoms with Crippen molar-refractivity contribution in [3.05, 3.63) is 53.3 Å². The molecule has 2 aromatic rings. The minimum atomic E-state index is -1.36. The van der Waals surface area contributed by atoms with Gasteiger partial charge in [-0.25, -0.2) is 0 Å². The topological polar surface area (TPSA) is 34.3 Å². The van der Waals surface area contributed by atoms with E-state index in [-0.39, 0.29) is 0 Å². The number of hydrogen-bond donors (Lipinski definition) is 1. The second-order valence-electron chi connectivity index (χ2n) is 6.24. The summed E-state index contributed by atoms with van der Waals surface area (Å²) in [6.07, 6.45) is 0.